The molecule has 2 rings (SSSR count). The van der Waals surface area contributed by atoms with Crippen LogP contribution in [0.1, 0.15) is 5.56 Å². The van der Waals surface area contributed by atoms with Crippen LogP contribution in [0.25, 0.3) is 5.69 Å². The van der Waals surface area contributed by atoms with Gasteiger partial charge in [-0.15, -0.1) is 10.2 Å². The minimum absolute atomic E-state index is 1.05. The van der Waals surface area contributed by atoms with Gasteiger partial charge in [-0.25, -0.2) is 0 Å². The van der Waals surface area contributed by atoms with Crippen molar-refractivity contribution in [2.75, 3.05) is 0 Å². The molecule has 1 heterocycles. The normalized spacial score (nSPS) is 10.3. The summed E-state index contributed by atoms with van der Waals surface area (Å²) in [5, 5.41) is 7.51. The summed E-state index contributed by atoms with van der Waals surface area (Å²) in [5.74, 6) is 0. The SMILES string of the molecule is Cc1ccc(-n2cnnc2)c(Br)c1. The van der Waals surface area contributed by atoms with Crippen molar-refractivity contribution in [2.45, 2.75) is 6.92 Å². The molecule has 0 unspecified atom stereocenters. The first-order valence-electron chi connectivity index (χ1n) is 3.88. The highest BCUT2D eigenvalue weighted by Gasteiger charge is 2.01. The maximum atomic E-state index is 3.75. The van der Waals surface area contributed by atoms with Crippen LogP contribution in [0.5, 0.6) is 0 Å². The van der Waals surface area contributed by atoms with E-state index in [0.29, 0.717) is 0 Å². The summed E-state index contributed by atoms with van der Waals surface area (Å²) in [4.78, 5) is 0. The van der Waals surface area contributed by atoms with E-state index in [2.05, 4.69) is 45.2 Å². The number of nitrogens with zero attached hydrogens (tertiary/aromatic N) is 3. The Morgan fingerprint density at radius 2 is 1.92 bits per heavy atom. The van der Waals surface area contributed by atoms with Crippen molar-refractivity contribution >= 4 is 15.9 Å². The predicted octanol–water partition coefficient (Wildman–Crippen LogP) is 2.34. The fraction of sp³-hybridized carbons (Fsp3) is 0.111. The molecule has 0 N–H and O–H groups in total. The lowest BCUT2D eigenvalue weighted by atomic mass is 10.2. The van der Waals surface area contributed by atoms with Crippen LogP contribution in [-0.4, -0.2) is 14.8 Å². The van der Waals surface area contributed by atoms with Crippen LogP contribution in [0.2, 0.25) is 0 Å². The molecule has 4 heteroatoms. The second kappa shape index (κ2) is 3.30. The fourth-order valence-corrected chi connectivity index (χ4v) is 1.84. The van der Waals surface area contributed by atoms with E-state index in [1.165, 1.54) is 5.56 Å². The Labute approximate surface area is 84.5 Å². The molecule has 0 bridgehead atoms. The van der Waals surface area contributed by atoms with E-state index in [-0.39, 0.29) is 0 Å². The monoisotopic (exact) mass is 237 g/mol. The Morgan fingerprint density at radius 3 is 2.54 bits per heavy atom. The summed E-state index contributed by atoms with van der Waals surface area (Å²) in [6.45, 7) is 2.06. The van der Waals surface area contributed by atoms with Gasteiger partial charge in [-0.05, 0) is 40.5 Å². The molecule has 3 nitrogen and oxygen atoms in total. The molecule has 1 aromatic carbocycles. The largest absolute Gasteiger partial charge is 0.287 e. The fourth-order valence-electron chi connectivity index (χ4n) is 1.15. The predicted molar refractivity (Wildman–Crippen MR) is 53.8 cm³/mol. The minimum atomic E-state index is 1.05. The summed E-state index contributed by atoms with van der Waals surface area (Å²) in [6.07, 6.45) is 3.35. The van der Waals surface area contributed by atoms with Crippen LogP contribution in [0, 0.1) is 6.92 Å². The van der Waals surface area contributed by atoms with Crippen molar-refractivity contribution in [3.05, 3.63) is 40.9 Å². The van der Waals surface area contributed by atoms with Gasteiger partial charge in [0.25, 0.3) is 0 Å². The molecule has 0 aliphatic heterocycles. The molecule has 0 saturated carbocycles. The van der Waals surface area contributed by atoms with Gasteiger partial charge in [-0.1, -0.05) is 6.07 Å². The molecule has 0 fully saturated rings. The highest BCUT2D eigenvalue weighted by molar-refractivity contribution is 9.10. The van der Waals surface area contributed by atoms with Crippen LogP contribution in [0.4, 0.5) is 0 Å². The molecular weight excluding hydrogens is 230 g/mol. The van der Waals surface area contributed by atoms with Crippen LogP contribution < -0.4 is 0 Å². The summed E-state index contributed by atoms with van der Waals surface area (Å²) in [6, 6.07) is 6.15. The zero-order valence-corrected chi connectivity index (χ0v) is 8.69. The molecule has 1 aromatic heterocycles. The highest BCUT2D eigenvalue weighted by atomic mass is 79.9. The summed E-state index contributed by atoms with van der Waals surface area (Å²) < 4.78 is 2.91. The maximum Gasteiger partial charge on any atom is 0.123 e. The average Bonchev–Trinajstić information content (AvgIpc) is 2.56. The summed E-state index contributed by atoms with van der Waals surface area (Å²) >= 11 is 3.49. The number of hydrogen-bond acceptors (Lipinski definition) is 2. The number of aryl methyl sites for hydroxylation is 1. The third-order valence-electron chi connectivity index (χ3n) is 1.80. The second-order valence-corrected chi connectivity index (χ2v) is 3.68. The smallest absolute Gasteiger partial charge is 0.123 e. The number of halogens is 1. The summed E-state index contributed by atoms with van der Waals surface area (Å²) in [7, 11) is 0. The molecule has 13 heavy (non-hydrogen) atoms. The average molecular weight is 238 g/mol. The molecule has 0 spiro atoms. The highest BCUT2D eigenvalue weighted by Crippen LogP contribution is 2.21. The Balaban J connectivity index is 2.53. The quantitative estimate of drug-likeness (QED) is 0.763. The van der Waals surface area contributed by atoms with Crippen molar-refractivity contribution in [3.63, 3.8) is 0 Å². The summed E-state index contributed by atoms with van der Waals surface area (Å²) in [5.41, 5.74) is 2.28. The zero-order valence-electron chi connectivity index (χ0n) is 7.11. The van der Waals surface area contributed by atoms with Gasteiger partial charge >= 0.3 is 0 Å². The molecule has 0 atom stereocenters. The molecule has 0 aliphatic carbocycles. The first kappa shape index (κ1) is 8.44. The topological polar surface area (TPSA) is 30.7 Å². The van der Waals surface area contributed by atoms with Gasteiger partial charge in [0.05, 0.1) is 5.69 Å². The Morgan fingerprint density at radius 1 is 1.23 bits per heavy atom. The first-order valence-corrected chi connectivity index (χ1v) is 4.68. The van der Waals surface area contributed by atoms with Gasteiger partial charge in [-0.3, -0.25) is 4.57 Å². The van der Waals surface area contributed by atoms with Crippen LogP contribution in [0.15, 0.2) is 35.3 Å². The number of benzene rings is 1. The van der Waals surface area contributed by atoms with Gasteiger partial charge in [0.1, 0.15) is 12.7 Å². The first-order chi connectivity index (χ1) is 6.27. The molecule has 66 valence electrons. The van der Waals surface area contributed by atoms with Crippen molar-refractivity contribution in [1.29, 1.82) is 0 Å². The molecular formula is C9H8BrN3. The van der Waals surface area contributed by atoms with Crippen molar-refractivity contribution in [1.82, 2.24) is 14.8 Å². The number of hydrogen-bond donors (Lipinski definition) is 0. The third kappa shape index (κ3) is 1.62. The molecule has 0 radical (unpaired) electrons. The van der Waals surface area contributed by atoms with E-state index in [4.69, 9.17) is 0 Å². The van der Waals surface area contributed by atoms with E-state index in [1.54, 1.807) is 12.7 Å². The molecule has 0 aliphatic rings. The number of aromatic nitrogens is 3. The lowest BCUT2D eigenvalue weighted by molar-refractivity contribution is 1.05. The second-order valence-electron chi connectivity index (χ2n) is 2.82. The van der Waals surface area contributed by atoms with Gasteiger partial charge < -0.3 is 0 Å². The molecule has 0 saturated heterocycles. The molecule has 0 amide bonds. The van der Waals surface area contributed by atoms with Crippen LogP contribution >= 0.6 is 15.9 Å². The van der Waals surface area contributed by atoms with E-state index in [1.807, 2.05) is 10.6 Å². The van der Waals surface area contributed by atoms with Crippen LogP contribution in [-0.2, 0) is 0 Å². The van der Waals surface area contributed by atoms with Crippen molar-refractivity contribution < 1.29 is 0 Å². The van der Waals surface area contributed by atoms with Crippen LogP contribution in [0.3, 0.4) is 0 Å². The Kier molecular flexibility index (Phi) is 2.14. The minimum Gasteiger partial charge on any atom is -0.287 e. The third-order valence-corrected chi connectivity index (χ3v) is 2.44. The van der Waals surface area contributed by atoms with Crippen molar-refractivity contribution in [2.24, 2.45) is 0 Å². The van der Waals surface area contributed by atoms with Gasteiger partial charge in [0.2, 0.25) is 0 Å². The zero-order chi connectivity index (χ0) is 9.26. The Hall–Kier alpha value is -1.16. The maximum absolute atomic E-state index is 3.75. The van der Waals surface area contributed by atoms with E-state index in [0.717, 1.165) is 10.2 Å². The van der Waals surface area contributed by atoms with Gasteiger partial charge in [0, 0.05) is 4.47 Å². The van der Waals surface area contributed by atoms with E-state index >= 15 is 0 Å². The number of rotatable bonds is 1. The molecule has 2 aromatic rings. The van der Waals surface area contributed by atoms with Gasteiger partial charge in [0.15, 0.2) is 0 Å². The van der Waals surface area contributed by atoms with E-state index < -0.39 is 0 Å². The van der Waals surface area contributed by atoms with Crippen molar-refractivity contribution in [3.8, 4) is 5.69 Å². The Bertz CT molecular complexity index is 409. The lowest BCUT2D eigenvalue weighted by Crippen LogP contribution is -1.91. The van der Waals surface area contributed by atoms with Gasteiger partial charge in [-0.2, -0.15) is 0 Å². The standard InChI is InChI=1S/C9H8BrN3/c1-7-2-3-9(8(10)4-7)13-5-11-12-6-13/h2-6H,1H3. The lowest BCUT2D eigenvalue weighted by Gasteiger charge is -2.04. The van der Waals surface area contributed by atoms with E-state index in [9.17, 15) is 0 Å².